The van der Waals surface area contributed by atoms with Crippen LogP contribution in [0, 0.1) is 5.82 Å². The van der Waals surface area contributed by atoms with Gasteiger partial charge in [0.15, 0.2) is 0 Å². The second-order valence-corrected chi connectivity index (χ2v) is 10.2. The van der Waals surface area contributed by atoms with E-state index in [0.717, 1.165) is 29.5 Å². The van der Waals surface area contributed by atoms with Crippen LogP contribution in [-0.4, -0.2) is 27.5 Å². The number of sulfonamides is 1. The van der Waals surface area contributed by atoms with E-state index in [-0.39, 0.29) is 0 Å². The fraction of sp³-hybridized carbons (Fsp3) is 0.400. The molecule has 2 N–H and O–H groups in total. The lowest BCUT2D eigenvalue weighted by Crippen LogP contribution is -2.43. The maximum Gasteiger partial charge on any atom is 0.417 e. The number of hydrogen-bond acceptors (Lipinski definition) is 4. The lowest BCUT2D eigenvalue weighted by atomic mass is 10.0. The summed E-state index contributed by atoms with van der Waals surface area (Å²) in [5.41, 5.74) is 0.0635. The van der Waals surface area contributed by atoms with Crippen LogP contribution < -0.4 is 10.0 Å². The minimum absolute atomic E-state index is 0.312. The van der Waals surface area contributed by atoms with E-state index in [9.17, 15) is 26.0 Å². The maximum atomic E-state index is 13.8. The zero-order valence-corrected chi connectivity index (χ0v) is 17.5. The molecule has 0 saturated carbocycles. The highest BCUT2D eigenvalue weighted by Crippen LogP contribution is 2.43. The van der Waals surface area contributed by atoms with Crippen LogP contribution in [-0.2, 0) is 29.0 Å². The SMILES string of the molecule is O=S(=O)(NC1CCNCC1)c1cc2c(cc1C(F)(F)F)CCc1ccc(F)cc1S2. The van der Waals surface area contributed by atoms with E-state index in [0.29, 0.717) is 54.1 Å². The highest BCUT2D eigenvalue weighted by molar-refractivity contribution is 7.99. The third-order valence-electron chi connectivity index (χ3n) is 5.33. The molecule has 1 saturated heterocycles. The largest absolute Gasteiger partial charge is 0.417 e. The Balaban J connectivity index is 1.78. The Bertz CT molecular complexity index is 1070. The van der Waals surface area contributed by atoms with Crippen LogP contribution >= 0.6 is 11.8 Å². The van der Waals surface area contributed by atoms with Crippen molar-refractivity contribution in [2.24, 2.45) is 0 Å². The first-order valence-electron chi connectivity index (χ1n) is 9.57. The molecule has 0 amide bonds. The quantitative estimate of drug-likeness (QED) is 0.677. The van der Waals surface area contributed by atoms with Crippen molar-refractivity contribution in [2.45, 2.75) is 52.6 Å². The first kappa shape index (κ1) is 21.6. The molecule has 2 aliphatic rings. The summed E-state index contributed by atoms with van der Waals surface area (Å²) in [5.74, 6) is -0.447. The van der Waals surface area contributed by atoms with Crippen LogP contribution in [0.15, 0.2) is 45.0 Å². The summed E-state index contributed by atoms with van der Waals surface area (Å²) < 4.78 is 83.4. The Morgan fingerprint density at radius 3 is 2.37 bits per heavy atom. The molecule has 0 aromatic heterocycles. The van der Waals surface area contributed by atoms with Crippen molar-refractivity contribution in [1.82, 2.24) is 10.0 Å². The highest BCUT2D eigenvalue weighted by Gasteiger charge is 2.39. The van der Waals surface area contributed by atoms with E-state index in [4.69, 9.17) is 0 Å². The third-order valence-corrected chi connectivity index (χ3v) is 8.09. The van der Waals surface area contributed by atoms with Gasteiger partial charge in [-0.2, -0.15) is 13.2 Å². The van der Waals surface area contributed by atoms with E-state index in [2.05, 4.69) is 10.0 Å². The molecule has 30 heavy (non-hydrogen) atoms. The topological polar surface area (TPSA) is 58.2 Å². The summed E-state index contributed by atoms with van der Waals surface area (Å²) in [6.07, 6.45) is -3.04. The number of hydrogen-bond donors (Lipinski definition) is 2. The summed E-state index contributed by atoms with van der Waals surface area (Å²) >= 11 is 1.10. The number of alkyl halides is 3. The molecule has 0 bridgehead atoms. The normalized spacial score (nSPS) is 17.9. The number of piperidine rings is 1. The van der Waals surface area contributed by atoms with Crippen molar-refractivity contribution in [2.75, 3.05) is 13.1 Å². The predicted molar refractivity (Wildman–Crippen MR) is 106 cm³/mol. The van der Waals surface area contributed by atoms with Gasteiger partial charge in [-0.05, 0) is 74.2 Å². The number of benzene rings is 2. The van der Waals surface area contributed by atoms with Gasteiger partial charge in [0.25, 0.3) is 0 Å². The Kier molecular flexibility index (Phi) is 5.86. The lowest BCUT2D eigenvalue weighted by molar-refractivity contribution is -0.140. The van der Waals surface area contributed by atoms with Crippen LogP contribution in [0.4, 0.5) is 17.6 Å². The average molecular weight is 461 g/mol. The van der Waals surface area contributed by atoms with Gasteiger partial charge in [0.1, 0.15) is 5.82 Å². The molecule has 4 nitrogen and oxygen atoms in total. The Morgan fingerprint density at radius 2 is 1.67 bits per heavy atom. The second kappa shape index (κ2) is 8.14. The number of rotatable bonds is 3. The van der Waals surface area contributed by atoms with Crippen LogP contribution in [0.5, 0.6) is 0 Å². The van der Waals surface area contributed by atoms with Gasteiger partial charge in [0, 0.05) is 15.8 Å². The van der Waals surface area contributed by atoms with Crippen LogP contribution in [0.1, 0.15) is 29.5 Å². The number of aryl methyl sites for hydroxylation is 2. The van der Waals surface area contributed by atoms with Crippen molar-refractivity contribution in [3.63, 3.8) is 0 Å². The van der Waals surface area contributed by atoms with Crippen molar-refractivity contribution < 1.29 is 26.0 Å². The fourth-order valence-electron chi connectivity index (χ4n) is 3.78. The Morgan fingerprint density at radius 1 is 1.00 bits per heavy atom. The smallest absolute Gasteiger partial charge is 0.317 e. The van der Waals surface area contributed by atoms with Crippen LogP contribution in [0.25, 0.3) is 0 Å². The Hall–Kier alpha value is -1.62. The standard InChI is InChI=1S/C20H20F4N2O2S2/c21-14-4-3-12-1-2-13-9-16(20(22,23)24)19(11-18(13)29-17(12)10-14)30(27,28)26-15-5-7-25-8-6-15/h3-4,9-11,15,25-26H,1-2,5-8H2. The van der Waals surface area contributed by atoms with E-state index in [1.54, 1.807) is 6.07 Å². The Labute approximate surface area is 176 Å². The minimum atomic E-state index is -4.82. The van der Waals surface area contributed by atoms with Crippen LogP contribution in [0.2, 0.25) is 0 Å². The van der Waals surface area contributed by atoms with Crippen molar-refractivity contribution in [1.29, 1.82) is 0 Å². The zero-order chi connectivity index (χ0) is 21.5. The van der Waals surface area contributed by atoms with Gasteiger partial charge in [0.2, 0.25) is 10.0 Å². The zero-order valence-electron chi connectivity index (χ0n) is 15.9. The molecule has 1 fully saturated rings. The summed E-state index contributed by atoms with van der Waals surface area (Å²) in [4.78, 5) is 0.209. The monoisotopic (exact) mass is 460 g/mol. The molecule has 162 valence electrons. The molecule has 2 aromatic rings. The summed E-state index contributed by atoms with van der Waals surface area (Å²) in [7, 11) is -4.39. The molecule has 10 heteroatoms. The number of nitrogens with one attached hydrogen (secondary N) is 2. The van der Waals surface area contributed by atoms with E-state index in [1.165, 1.54) is 12.1 Å². The maximum absolute atomic E-state index is 13.8. The highest BCUT2D eigenvalue weighted by atomic mass is 32.2. The van der Waals surface area contributed by atoms with Gasteiger partial charge >= 0.3 is 6.18 Å². The average Bonchev–Trinajstić information content (AvgIpc) is 2.85. The van der Waals surface area contributed by atoms with E-state index in [1.807, 2.05) is 0 Å². The van der Waals surface area contributed by atoms with E-state index < -0.39 is 38.5 Å². The molecule has 0 aliphatic carbocycles. The fourth-order valence-corrected chi connectivity index (χ4v) is 6.57. The number of fused-ring (bicyclic) bond motifs is 2. The lowest BCUT2D eigenvalue weighted by Gasteiger charge is -2.25. The van der Waals surface area contributed by atoms with Gasteiger partial charge < -0.3 is 5.32 Å². The molecule has 0 spiro atoms. The van der Waals surface area contributed by atoms with E-state index >= 15 is 0 Å². The van der Waals surface area contributed by atoms with Gasteiger partial charge in [-0.1, -0.05) is 17.8 Å². The summed E-state index contributed by atoms with van der Waals surface area (Å²) in [6, 6.07) is 5.86. The third kappa shape index (κ3) is 4.51. The van der Waals surface area contributed by atoms with Crippen molar-refractivity contribution >= 4 is 21.8 Å². The molecule has 0 atom stereocenters. The molecular weight excluding hydrogens is 440 g/mol. The predicted octanol–water partition coefficient (Wildman–Crippen LogP) is 4.12. The first-order chi connectivity index (χ1) is 14.1. The summed E-state index contributed by atoms with van der Waals surface area (Å²) in [6.45, 7) is 1.20. The van der Waals surface area contributed by atoms with Gasteiger partial charge in [0.05, 0.1) is 10.5 Å². The molecule has 0 radical (unpaired) electrons. The second-order valence-electron chi connectivity index (χ2n) is 7.45. The summed E-state index contributed by atoms with van der Waals surface area (Å²) in [5, 5.41) is 3.09. The van der Waals surface area contributed by atoms with Gasteiger partial charge in [-0.15, -0.1) is 0 Å². The van der Waals surface area contributed by atoms with Crippen molar-refractivity contribution in [3.05, 3.63) is 52.8 Å². The molecule has 2 heterocycles. The first-order valence-corrected chi connectivity index (χ1v) is 11.9. The molecular formula is C20H20F4N2O2S2. The molecule has 4 rings (SSSR count). The molecule has 2 aromatic carbocycles. The molecule has 2 aliphatic heterocycles. The van der Waals surface area contributed by atoms with Gasteiger partial charge in [-0.25, -0.2) is 17.5 Å². The van der Waals surface area contributed by atoms with Crippen molar-refractivity contribution in [3.8, 4) is 0 Å². The molecule has 0 unspecified atom stereocenters. The van der Waals surface area contributed by atoms with Crippen LogP contribution in [0.3, 0.4) is 0 Å². The number of halogens is 4. The van der Waals surface area contributed by atoms with Gasteiger partial charge in [-0.3, -0.25) is 0 Å². The minimum Gasteiger partial charge on any atom is -0.317 e.